The third-order valence-electron chi connectivity index (χ3n) is 4.68. The summed E-state index contributed by atoms with van der Waals surface area (Å²) in [6.07, 6.45) is 1.83. The van der Waals surface area contributed by atoms with E-state index in [1.807, 2.05) is 17.0 Å². The van der Waals surface area contributed by atoms with Crippen molar-refractivity contribution in [3.8, 4) is 5.75 Å². The van der Waals surface area contributed by atoms with Crippen LogP contribution in [-0.2, 0) is 4.79 Å². The Kier molecular flexibility index (Phi) is 4.83. The van der Waals surface area contributed by atoms with Crippen LogP contribution < -0.4 is 15.0 Å². The molecule has 1 amide bonds. The molecule has 120 valence electrons. The fourth-order valence-corrected chi connectivity index (χ4v) is 3.29. The zero-order chi connectivity index (χ0) is 15.4. The van der Waals surface area contributed by atoms with Gasteiger partial charge in [-0.3, -0.25) is 4.79 Å². The zero-order valence-electron chi connectivity index (χ0n) is 13.3. The number of nitrogens with one attached hydrogen (secondary N) is 1. The highest BCUT2D eigenvalue weighted by atomic mass is 16.5. The van der Waals surface area contributed by atoms with E-state index in [-0.39, 0.29) is 0 Å². The molecular formula is C17H25N3O2. The highest BCUT2D eigenvalue weighted by Crippen LogP contribution is 2.22. The van der Waals surface area contributed by atoms with Crippen LogP contribution >= 0.6 is 0 Å². The number of ether oxygens (including phenoxy) is 1. The van der Waals surface area contributed by atoms with E-state index in [4.69, 9.17) is 4.74 Å². The van der Waals surface area contributed by atoms with Gasteiger partial charge in [0.25, 0.3) is 0 Å². The number of hydrogen-bond donors (Lipinski definition) is 1. The molecule has 0 saturated carbocycles. The maximum Gasteiger partial charge on any atom is 0.223 e. The fraction of sp³-hybridized carbons (Fsp3) is 0.588. The number of methoxy groups -OCH3 is 1. The minimum Gasteiger partial charge on any atom is -0.497 e. The lowest BCUT2D eigenvalue weighted by molar-refractivity contribution is -0.132. The van der Waals surface area contributed by atoms with Crippen LogP contribution in [0.5, 0.6) is 5.75 Å². The molecule has 2 fully saturated rings. The molecular weight excluding hydrogens is 278 g/mol. The first kappa shape index (κ1) is 15.2. The van der Waals surface area contributed by atoms with Crippen molar-refractivity contribution < 1.29 is 9.53 Å². The Balaban J connectivity index is 1.52. The molecule has 1 aromatic carbocycles. The smallest absolute Gasteiger partial charge is 0.223 e. The summed E-state index contributed by atoms with van der Waals surface area (Å²) >= 11 is 0. The van der Waals surface area contributed by atoms with Gasteiger partial charge in [-0.1, -0.05) is 6.07 Å². The van der Waals surface area contributed by atoms with Gasteiger partial charge in [0.15, 0.2) is 0 Å². The predicted molar refractivity (Wildman–Crippen MR) is 87.4 cm³/mol. The minimum atomic E-state index is 0.319. The lowest BCUT2D eigenvalue weighted by Gasteiger charge is -2.36. The standard InChI is InChI=1S/C17H25N3O2/c1-22-16-4-2-3-15(12-16)19-7-9-20(10-8-19)17(21)11-14-5-6-18-13-14/h2-4,12,14,18H,5-11,13H2,1H3/t14-/m1/s1. The molecule has 0 unspecified atom stereocenters. The summed E-state index contributed by atoms with van der Waals surface area (Å²) in [5.41, 5.74) is 1.17. The van der Waals surface area contributed by atoms with Crippen LogP contribution in [0.1, 0.15) is 12.8 Å². The number of hydrogen-bond acceptors (Lipinski definition) is 4. The van der Waals surface area contributed by atoms with Crippen LogP contribution in [0.4, 0.5) is 5.69 Å². The third-order valence-corrected chi connectivity index (χ3v) is 4.68. The Labute approximate surface area is 132 Å². The Morgan fingerprint density at radius 2 is 2.14 bits per heavy atom. The van der Waals surface area contributed by atoms with Gasteiger partial charge in [0.05, 0.1) is 7.11 Å². The number of piperazine rings is 1. The molecule has 0 aromatic heterocycles. The van der Waals surface area contributed by atoms with Crippen molar-refractivity contribution in [2.75, 3.05) is 51.3 Å². The average molecular weight is 303 g/mol. The van der Waals surface area contributed by atoms with Crippen molar-refractivity contribution in [1.29, 1.82) is 0 Å². The third kappa shape index (κ3) is 3.53. The van der Waals surface area contributed by atoms with Gasteiger partial charge < -0.3 is 19.9 Å². The van der Waals surface area contributed by atoms with Crippen molar-refractivity contribution in [2.24, 2.45) is 5.92 Å². The van der Waals surface area contributed by atoms with Gasteiger partial charge in [0, 0.05) is 44.4 Å². The quantitative estimate of drug-likeness (QED) is 0.912. The van der Waals surface area contributed by atoms with Crippen LogP contribution in [0.15, 0.2) is 24.3 Å². The van der Waals surface area contributed by atoms with E-state index in [0.717, 1.165) is 51.4 Å². The van der Waals surface area contributed by atoms with E-state index < -0.39 is 0 Å². The second kappa shape index (κ2) is 7.01. The monoisotopic (exact) mass is 303 g/mol. The maximum absolute atomic E-state index is 12.4. The molecule has 0 bridgehead atoms. The Morgan fingerprint density at radius 3 is 2.82 bits per heavy atom. The van der Waals surface area contributed by atoms with E-state index >= 15 is 0 Å². The summed E-state index contributed by atoms with van der Waals surface area (Å²) in [6.45, 7) is 5.47. The van der Waals surface area contributed by atoms with Gasteiger partial charge in [0.2, 0.25) is 5.91 Å². The fourth-order valence-electron chi connectivity index (χ4n) is 3.29. The first-order chi connectivity index (χ1) is 10.8. The van der Waals surface area contributed by atoms with Gasteiger partial charge in [0.1, 0.15) is 5.75 Å². The SMILES string of the molecule is COc1cccc(N2CCN(C(=O)C[C@H]3CCNC3)CC2)c1. The van der Waals surface area contributed by atoms with E-state index in [1.165, 1.54) is 5.69 Å². The minimum absolute atomic E-state index is 0.319. The van der Waals surface area contributed by atoms with E-state index in [1.54, 1.807) is 7.11 Å². The summed E-state index contributed by atoms with van der Waals surface area (Å²) in [5, 5.41) is 3.33. The lowest BCUT2D eigenvalue weighted by atomic mass is 10.0. The van der Waals surface area contributed by atoms with Crippen LogP contribution in [0.2, 0.25) is 0 Å². The van der Waals surface area contributed by atoms with E-state index in [2.05, 4.69) is 22.3 Å². The first-order valence-electron chi connectivity index (χ1n) is 8.14. The molecule has 1 N–H and O–H groups in total. The number of benzene rings is 1. The molecule has 1 atom stereocenters. The molecule has 0 radical (unpaired) electrons. The summed E-state index contributed by atoms with van der Waals surface area (Å²) in [6, 6.07) is 8.13. The number of amides is 1. The first-order valence-corrected chi connectivity index (χ1v) is 8.14. The summed E-state index contributed by atoms with van der Waals surface area (Å²) in [5.74, 6) is 1.73. The molecule has 2 aliphatic rings. The molecule has 3 rings (SSSR count). The Morgan fingerprint density at radius 1 is 1.32 bits per heavy atom. The van der Waals surface area contributed by atoms with Crippen LogP contribution in [0.25, 0.3) is 0 Å². The average Bonchev–Trinajstić information content (AvgIpc) is 3.08. The van der Waals surface area contributed by atoms with Gasteiger partial charge in [-0.2, -0.15) is 0 Å². The topological polar surface area (TPSA) is 44.8 Å². The van der Waals surface area contributed by atoms with Crippen LogP contribution in [0, 0.1) is 5.92 Å². The summed E-state index contributed by atoms with van der Waals surface area (Å²) in [7, 11) is 1.69. The second-order valence-corrected chi connectivity index (χ2v) is 6.13. The van der Waals surface area contributed by atoms with Crippen molar-refractivity contribution in [1.82, 2.24) is 10.2 Å². The van der Waals surface area contributed by atoms with Gasteiger partial charge in [-0.15, -0.1) is 0 Å². The zero-order valence-corrected chi connectivity index (χ0v) is 13.3. The Bertz CT molecular complexity index is 506. The molecule has 2 heterocycles. The van der Waals surface area contributed by atoms with Gasteiger partial charge >= 0.3 is 0 Å². The van der Waals surface area contributed by atoms with Crippen molar-refractivity contribution >= 4 is 11.6 Å². The Hall–Kier alpha value is -1.75. The molecule has 5 nitrogen and oxygen atoms in total. The largest absolute Gasteiger partial charge is 0.497 e. The van der Waals surface area contributed by atoms with Crippen LogP contribution in [0.3, 0.4) is 0 Å². The van der Waals surface area contributed by atoms with Crippen molar-refractivity contribution in [2.45, 2.75) is 12.8 Å². The molecule has 2 saturated heterocycles. The number of carbonyl (C=O) groups excluding carboxylic acids is 1. The summed E-state index contributed by atoms with van der Waals surface area (Å²) in [4.78, 5) is 16.7. The molecule has 1 aromatic rings. The summed E-state index contributed by atoms with van der Waals surface area (Å²) < 4.78 is 5.28. The van der Waals surface area contributed by atoms with E-state index in [0.29, 0.717) is 18.2 Å². The van der Waals surface area contributed by atoms with Gasteiger partial charge in [-0.25, -0.2) is 0 Å². The molecule has 5 heteroatoms. The normalized spacial score (nSPS) is 22.0. The molecule has 0 aliphatic carbocycles. The molecule has 22 heavy (non-hydrogen) atoms. The molecule has 0 spiro atoms. The predicted octanol–water partition coefficient (Wildman–Crippen LogP) is 1.34. The van der Waals surface area contributed by atoms with Crippen molar-refractivity contribution in [3.05, 3.63) is 24.3 Å². The molecule has 2 aliphatic heterocycles. The maximum atomic E-state index is 12.4. The van der Waals surface area contributed by atoms with Gasteiger partial charge in [-0.05, 0) is 37.6 Å². The lowest BCUT2D eigenvalue weighted by Crippen LogP contribution is -2.49. The number of rotatable bonds is 4. The number of anilines is 1. The second-order valence-electron chi connectivity index (χ2n) is 6.13. The highest BCUT2D eigenvalue weighted by Gasteiger charge is 2.25. The number of nitrogens with zero attached hydrogens (tertiary/aromatic N) is 2. The highest BCUT2D eigenvalue weighted by molar-refractivity contribution is 5.77. The van der Waals surface area contributed by atoms with Crippen LogP contribution in [-0.4, -0.2) is 57.2 Å². The van der Waals surface area contributed by atoms with E-state index in [9.17, 15) is 4.79 Å². The van der Waals surface area contributed by atoms with Crippen molar-refractivity contribution in [3.63, 3.8) is 0 Å². The number of carbonyl (C=O) groups is 1.